The van der Waals surface area contributed by atoms with Crippen LogP contribution in [0, 0.1) is 0 Å². The van der Waals surface area contributed by atoms with Gasteiger partial charge in [-0.1, -0.05) is 61.4 Å². The molecule has 0 unspecified atom stereocenters. The van der Waals surface area contributed by atoms with E-state index >= 15 is 0 Å². The minimum absolute atomic E-state index is 0.117. The summed E-state index contributed by atoms with van der Waals surface area (Å²) in [5, 5.41) is 15.2. The number of hydrogen-bond acceptors (Lipinski definition) is 4. The minimum Gasteiger partial charge on any atom is -0.335 e. The summed E-state index contributed by atoms with van der Waals surface area (Å²) in [5.74, 6) is 1.61. The quantitative estimate of drug-likeness (QED) is 0.777. The third kappa shape index (κ3) is 5.22. The fourth-order valence-electron chi connectivity index (χ4n) is 2.99. The van der Waals surface area contributed by atoms with Crippen molar-refractivity contribution in [2.45, 2.75) is 55.6 Å². The number of hydrogen-bond donors (Lipinski definition) is 2. The van der Waals surface area contributed by atoms with Gasteiger partial charge in [0.25, 0.3) is 0 Å². The molecular formula is C18H25N5OS. The van der Waals surface area contributed by atoms with E-state index in [0.717, 1.165) is 29.6 Å². The normalized spacial score (nSPS) is 15.1. The predicted octanol–water partition coefficient (Wildman–Crippen LogP) is 3.24. The molecule has 25 heavy (non-hydrogen) atoms. The number of thioether (sulfide) groups is 1. The molecule has 0 atom stereocenters. The van der Waals surface area contributed by atoms with Gasteiger partial charge in [0, 0.05) is 18.8 Å². The van der Waals surface area contributed by atoms with Gasteiger partial charge < -0.3 is 15.2 Å². The molecule has 0 bridgehead atoms. The van der Waals surface area contributed by atoms with Crippen LogP contribution in [0.1, 0.15) is 43.5 Å². The maximum Gasteiger partial charge on any atom is 0.315 e. The highest BCUT2D eigenvalue weighted by Crippen LogP contribution is 2.21. The molecule has 3 rings (SSSR count). The fourth-order valence-corrected chi connectivity index (χ4v) is 3.88. The van der Waals surface area contributed by atoms with Crippen molar-refractivity contribution < 1.29 is 4.79 Å². The molecule has 0 aliphatic heterocycles. The topological polar surface area (TPSA) is 71.8 Å². The molecule has 0 radical (unpaired) electrons. The van der Waals surface area contributed by atoms with Gasteiger partial charge in [-0.05, 0) is 18.4 Å². The summed E-state index contributed by atoms with van der Waals surface area (Å²) < 4.78 is 1.94. The smallest absolute Gasteiger partial charge is 0.315 e. The lowest BCUT2D eigenvalue weighted by atomic mass is 9.96. The second-order valence-corrected chi connectivity index (χ2v) is 7.34. The number of carbonyl (C=O) groups excluding carboxylic acids is 1. The van der Waals surface area contributed by atoms with E-state index in [9.17, 15) is 4.79 Å². The summed E-state index contributed by atoms with van der Waals surface area (Å²) >= 11 is 1.64. The average Bonchev–Trinajstić information content (AvgIpc) is 3.00. The lowest BCUT2D eigenvalue weighted by molar-refractivity contribution is 0.232. The van der Waals surface area contributed by atoms with Crippen molar-refractivity contribution in [1.82, 2.24) is 25.4 Å². The number of nitrogens with one attached hydrogen (secondary N) is 2. The standard InChI is InChI=1S/C18H25N5OS/c1-23-16(12-19-17(24)20-15-10-6-3-7-11-15)21-22-18(23)25-13-14-8-4-2-5-9-14/h2,4-5,8-9,15H,3,6-7,10-13H2,1H3,(H2,19,20,24). The zero-order valence-corrected chi connectivity index (χ0v) is 15.4. The van der Waals surface area contributed by atoms with E-state index in [-0.39, 0.29) is 6.03 Å². The Labute approximate surface area is 152 Å². The monoisotopic (exact) mass is 359 g/mol. The third-order valence-corrected chi connectivity index (χ3v) is 5.57. The van der Waals surface area contributed by atoms with Crippen molar-refractivity contribution in [3.8, 4) is 0 Å². The van der Waals surface area contributed by atoms with Crippen LogP contribution in [0.25, 0.3) is 0 Å². The predicted molar refractivity (Wildman–Crippen MR) is 99.3 cm³/mol. The summed E-state index contributed by atoms with van der Waals surface area (Å²) in [4.78, 5) is 12.0. The van der Waals surface area contributed by atoms with Crippen molar-refractivity contribution in [3.05, 3.63) is 41.7 Å². The number of aromatic nitrogens is 3. The first-order valence-corrected chi connectivity index (χ1v) is 9.80. The molecule has 134 valence electrons. The Morgan fingerprint density at radius 3 is 2.72 bits per heavy atom. The van der Waals surface area contributed by atoms with Gasteiger partial charge in [0.15, 0.2) is 11.0 Å². The molecule has 2 aromatic rings. The molecule has 1 aromatic carbocycles. The number of urea groups is 1. The molecule has 1 fully saturated rings. The molecule has 2 amide bonds. The molecule has 1 aliphatic rings. The van der Waals surface area contributed by atoms with Gasteiger partial charge in [0.1, 0.15) is 0 Å². The molecular weight excluding hydrogens is 334 g/mol. The molecule has 7 heteroatoms. The van der Waals surface area contributed by atoms with E-state index in [4.69, 9.17) is 0 Å². The zero-order valence-electron chi connectivity index (χ0n) is 14.6. The van der Waals surface area contributed by atoms with Gasteiger partial charge in [0.05, 0.1) is 6.54 Å². The van der Waals surface area contributed by atoms with Crippen LogP contribution in [0.15, 0.2) is 35.5 Å². The first-order chi connectivity index (χ1) is 12.2. The van der Waals surface area contributed by atoms with E-state index in [0.29, 0.717) is 12.6 Å². The lowest BCUT2D eigenvalue weighted by Crippen LogP contribution is -2.42. The van der Waals surface area contributed by atoms with Gasteiger partial charge in [-0.25, -0.2) is 4.79 Å². The van der Waals surface area contributed by atoms with Gasteiger partial charge in [-0.2, -0.15) is 0 Å². The second kappa shape index (κ2) is 8.89. The first-order valence-electron chi connectivity index (χ1n) is 8.82. The number of nitrogens with zero attached hydrogens (tertiary/aromatic N) is 3. The van der Waals surface area contributed by atoms with E-state index < -0.39 is 0 Å². The molecule has 0 spiro atoms. The highest BCUT2D eigenvalue weighted by Gasteiger charge is 2.16. The molecule has 0 saturated heterocycles. The molecule has 2 N–H and O–H groups in total. The van der Waals surface area contributed by atoms with Crippen LogP contribution in [-0.4, -0.2) is 26.8 Å². The van der Waals surface area contributed by atoms with Gasteiger partial charge >= 0.3 is 6.03 Å². The zero-order chi connectivity index (χ0) is 17.5. The van der Waals surface area contributed by atoms with Crippen LogP contribution in [0.5, 0.6) is 0 Å². The maximum absolute atomic E-state index is 12.0. The van der Waals surface area contributed by atoms with Crippen molar-refractivity contribution in [2.24, 2.45) is 7.05 Å². The Bertz CT molecular complexity index is 682. The highest BCUT2D eigenvalue weighted by atomic mass is 32.2. The van der Waals surface area contributed by atoms with Crippen molar-refractivity contribution in [3.63, 3.8) is 0 Å². The van der Waals surface area contributed by atoms with Gasteiger partial charge in [0.2, 0.25) is 0 Å². The Morgan fingerprint density at radius 1 is 1.20 bits per heavy atom. The Kier molecular flexibility index (Phi) is 6.33. The molecule has 6 nitrogen and oxygen atoms in total. The van der Waals surface area contributed by atoms with E-state index in [1.54, 1.807) is 11.8 Å². The summed E-state index contributed by atoms with van der Waals surface area (Å²) in [6.45, 7) is 0.383. The Hall–Kier alpha value is -2.02. The van der Waals surface area contributed by atoms with Gasteiger partial charge in [-0.15, -0.1) is 10.2 Å². The van der Waals surface area contributed by atoms with Crippen LogP contribution >= 0.6 is 11.8 Å². The Morgan fingerprint density at radius 2 is 1.96 bits per heavy atom. The highest BCUT2D eigenvalue weighted by molar-refractivity contribution is 7.98. The molecule has 1 heterocycles. The summed E-state index contributed by atoms with van der Waals surface area (Å²) in [7, 11) is 1.93. The van der Waals surface area contributed by atoms with Crippen LogP contribution in [0.3, 0.4) is 0 Å². The third-order valence-electron chi connectivity index (χ3n) is 4.48. The average molecular weight is 359 g/mol. The summed E-state index contributed by atoms with van der Waals surface area (Å²) in [6.07, 6.45) is 5.85. The maximum atomic E-state index is 12.0. The van der Waals surface area contributed by atoms with Crippen molar-refractivity contribution in [2.75, 3.05) is 0 Å². The fraction of sp³-hybridized carbons (Fsp3) is 0.500. The van der Waals surface area contributed by atoms with E-state index in [1.165, 1.54) is 24.8 Å². The van der Waals surface area contributed by atoms with E-state index in [2.05, 4.69) is 33.0 Å². The van der Waals surface area contributed by atoms with Crippen LogP contribution in [0.2, 0.25) is 0 Å². The van der Waals surface area contributed by atoms with Crippen LogP contribution in [-0.2, 0) is 19.3 Å². The SMILES string of the molecule is Cn1c(CNC(=O)NC2CCCCC2)nnc1SCc1ccccc1. The minimum atomic E-state index is -0.117. The molecule has 1 aromatic heterocycles. The van der Waals surface area contributed by atoms with Crippen LogP contribution in [0.4, 0.5) is 4.79 Å². The van der Waals surface area contributed by atoms with Gasteiger partial charge in [-0.3, -0.25) is 0 Å². The second-order valence-electron chi connectivity index (χ2n) is 6.39. The first kappa shape index (κ1) is 17.8. The molecule has 1 aliphatic carbocycles. The van der Waals surface area contributed by atoms with E-state index in [1.807, 2.05) is 29.8 Å². The number of benzene rings is 1. The Balaban J connectivity index is 1.46. The largest absolute Gasteiger partial charge is 0.335 e. The van der Waals surface area contributed by atoms with Crippen LogP contribution < -0.4 is 10.6 Å². The van der Waals surface area contributed by atoms with Crippen molar-refractivity contribution in [1.29, 1.82) is 0 Å². The summed E-state index contributed by atoms with van der Waals surface area (Å²) in [5.41, 5.74) is 1.25. The lowest BCUT2D eigenvalue weighted by Gasteiger charge is -2.22. The number of rotatable bonds is 6. The molecule has 1 saturated carbocycles. The van der Waals surface area contributed by atoms with Crippen molar-refractivity contribution >= 4 is 17.8 Å². The number of amides is 2. The summed E-state index contributed by atoms with van der Waals surface area (Å²) in [6, 6.07) is 10.5. The number of carbonyl (C=O) groups is 1.